The third-order valence-corrected chi connectivity index (χ3v) is 9.59. The van der Waals surface area contributed by atoms with E-state index in [4.69, 9.17) is 5.73 Å². The summed E-state index contributed by atoms with van der Waals surface area (Å²) in [7, 11) is -6.72. The Balaban J connectivity index is 1.55. The Morgan fingerprint density at radius 1 is 1.04 bits per heavy atom. The summed E-state index contributed by atoms with van der Waals surface area (Å²) in [5.74, 6) is -0.284. The first-order valence-electron chi connectivity index (χ1n) is 9.56. The van der Waals surface area contributed by atoms with Crippen molar-refractivity contribution in [3.63, 3.8) is 0 Å². The first kappa shape index (κ1) is 21.0. The van der Waals surface area contributed by atoms with E-state index in [-0.39, 0.29) is 37.8 Å². The number of nitrogens with two attached hydrogens (primary N) is 1. The van der Waals surface area contributed by atoms with Gasteiger partial charge in [-0.05, 0) is 38.5 Å². The molecule has 9 nitrogen and oxygen atoms in total. The van der Waals surface area contributed by atoms with Crippen LogP contribution in [0.2, 0.25) is 0 Å². The van der Waals surface area contributed by atoms with Crippen molar-refractivity contribution in [2.24, 2.45) is 5.73 Å². The summed E-state index contributed by atoms with van der Waals surface area (Å²) in [4.78, 5) is 14.2. The molecule has 3 fully saturated rings. The van der Waals surface area contributed by atoms with E-state index in [1.54, 1.807) is 0 Å². The Labute approximate surface area is 161 Å². The maximum absolute atomic E-state index is 12.6. The predicted octanol–water partition coefficient (Wildman–Crippen LogP) is -0.844. The molecule has 1 amide bonds. The van der Waals surface area contributed by atoms with E-state index in [2.05, 4.69) is 4.90 Å². The van der Waals surface area contributed by atoms with Gasteiger partial charge >= 0.3 is 0 Å². The number of carbonyl (C=O) groups is 1. The van der Waals surface area contributed by atoms with Crippen molar-refractivity contribution in [1.29, 1.82) is 0 Å². The lowest BCUT2D eigenvalue weighted by Crippen LogP contribution is -2.58. The van der Waals surface area contributed by atoms with E-state index in [9.17, 15) is 21.6 Å². The van der Waals surface area contributed by atoms with Gasteiger partial charge in [0, 0.05) is 38.8 Å². The Morgan fingerprint density at radius 3 is 2.26 bits per heavy atom. The van der Waals surface area contributed by atoms with Crippen LogP contribution in [-0.4, -0.2) is 92.6 Å². The van der Waals surface area contributed by atoms with Crippen LogP contribution in [0.5, 0.6) is 0 Å². The summed E-state index contributed by atoms with van der Waals surface area (Å²) in [5, 5.41) is 0. The second kappa shape index (κ2) is 7.58. The average Bonchev–Trinajstić information content (AvgIpc) is 2.79. The van der Waals surface area contributed by atoms with Crippen LogP contribution in [0.25, 0.3) is 0 Å². The molecule has 156 valence electrons. The van der Waals surface area contributed by atoms with Crippen LogP contribution < -0.4 is 5.73 Å². The Hall–Kier alpha value is -0.750. The van der Waals surface area contributed by atoms with Gasteiger partial charge in [-0.1, -0.05) is 0 Å². The zero-order valence-corrected chi connectivity index (χ0v) is 17.5. The first-order chi connectivity index (χ1) is 12.6. The lowest BCUT2D eigenvalue weighted by molar-refractivity contribution is -0.131. The fourth-order valence-electron chi connectivity index (χ4n) is 4.86. The second-order valence-corrected chi connectivity index (χ2v) is 12.0. The van der Waals surface area contributed by atoms with Crippen molar-refractivity contribution < 1.29 is 21.6 Å². The molecule has 0 saturated carbocycles. The third kappa shape index (κ3) is 4.16. The Morgan fingerprint density at radius 2 is 1.67 bits per heavy atom. The predicted molar refractivity (Wildman–Crippen MR) is 102 cm³/mol. The minimum absolute atomic E-state index is 0.00391. The number of rotatable bonds is 7. The van der Waals surface area contributed by atoms with Crippen molar-refractivity contribution >= 4 is 26.0 Å². The van der Waals surface area contributed by atoms with Crippen LogP contribution in [0.15, 0.2) is 0 Å². The number of fused-ring (bicyclic) bond motifs is 2. The second-order valence-electron chi connectivity index (χ2n) is 7.90. The topological polar surface area (TPSA) is 121 Å². The van der Waals surface area contributed by atoms with Gasteiger partial charge in [-0.2, -0.15) is 8.61 Å². The summed E-state index contributed by atoms with van der Waals surface area (Å²) in [6.45, 7) is 1.31. The average molecular weight is 423 g/mol. The number of primary amides is 1. The molecule has 0 unspecified atom stereocenters. The molecule has 11 heteroatoms. The Bertz CT molecular complexity index is 773. The molecule has 0 radical (unpaired) electrons. The molecule has 3 saturated heterocycles. The van der Waals surface area contributed by atoms with Crippen molar-refractivity contribution in [1.82, 2.24) is 13.5 Å². The van der Waals surface area contributed by atoms with E-state index in [0.29, 0.717) is 19.0 Å². The van der Waals surface area contributed by atoms with Crippen LogP contribution in [0.4, 0.5) is 0 Å². The highest BCUT2D eigenvalue weighted by molar-refractivity contribution is 7.89. The van der Waals surface area contributed by atoms with Gasteiger partial charge in [0.1, 0.15) is 5.54 Å². The normalized spacial score (nSPS) is 31.2. The molecular formula is C16H30N4O5S2. The number of carbonyl (C=O) groups excluding carboxylic acids is 1. The largest absolute Gasteiger partial charge is 0.368 e. The van der Waals surface area contributed by atoms with E-state index < -0.39 is 25.6 Å². The highest BCUT2D eigenvalue weighted by atomic mass is 32.2. The van der Waals surface area contributed by atoms with E-state index >= 15 is 0 Å². The van der Waals surface area contributed by atoms with Crippen LogP contribution in [-0.2, 0) is 24.8 Å². The van der Waals surface area contributed by atoms with Gasteiger partial charge in [0.05, 0.1) is 12.0 Å². The highest BCUT2D eigenvalue weighted by Gasteiger charge is 2.52. The minimum atomic E-state index is -3.44. The maximum Gasteiger partial charge on any atom is 0.237 e. The molecule has 27 heavy (non-hydrogen) atoms. The standard InChI is InChI=1S/C16H30N4O5S2/c1-26(22,23)18-9-11-19(12-10-18)27(24,25)13-3-8-20-14-4-2-6-16(20,7-5-14)15(17)21/h14H,2-13H2,1H3,(H2,17,21)/t14-,16+/m1/s1. The fraction of sp³-hybridized carbons (Fsp3) is 0.938. The quantitative estimate of drug-likeness (QED) is 0.571. The zero-order chi connectivity index (χ0) is 19.9. The lowest BCUT2D eigenvalue weighted by atomic mass is 9.87. The number of nitrogens with zero attached hydrogens (tertiary/aromatic N) is 3. The number of hydrogen-bond acceptors (Lipinski definition) is 6. The fourth-order valence-corrected chi connectivity index (χ4v) is 7.16. The molecule has 0 spiro atoms. The van der Waals surface area contributed by atoms with Gasteiger partial charge in [0.15, 0.2) is 0 Å². The van der Waals surface area contributed by atoms with Gasteiger partial charge < -0.3 is 5.73 Å². The number of hydrogen-bond donors (Lipinski definition) is 1. The highest BCUT2D eigenvalue weighted by Crippen LogP contribution is 2.43. The van der Waals surface area contributed by atoms with Crippen LogP contribution in [0.1, 0.15) is 38.5 Å². The molecule has 0 aliphatic carbocycles. The molecule has 3 aliphatic heterocycles. The lowest BCUT2D eigenvalue weighted by Gasteiger charge is -2.42. The van der Waals surface area contributed by atoms with Crippen LogP contribution >= 0.6 is 0 Å². The van der Waals surface area contributed by atoms with Crippen LogP contribution in [0.3, 0.4) is 0 Å². The van der Waals surface area contributed by atoms with E-state index in [1.807, 2.05) is 0 Å². The summed E-state index contributed by atoms with van der Waals surface area (Å²) < 4.78 is 51.0. The van der Waals surface area contributed by atoms with Gasteiger partial charge in [0.2, 0.25) is 26.0 Å². The molecule has 3 heterocycles. The van der Waals surface area contributed by atoms with Crippen molar-refractivity contribution in [2.45, 2.75) is 50.1 Å². The summed E-state index contributed by atoms with van der Waals surface area (Å²) in [5.41, 5.74) is 5.10. The molecule has 3 rings (SSSR count). The van der Waals surface area contributed by atoms with Gasteiger partial charge in [-0.15, -0.1) is 0 Å². The number of piperazine rings is 1. The van der Waals surface area contributed by atoms with Crippen LogP contribution in [0, 0.1) is 0 Å². The van der Waals surface area contributed by atoms with Crippen molar-refractivity contribution in [3.05, 3.63) is 0 Å². The molecule has 3 aliphatic rings. The molecule has 2 N–H and O–H groups in total. The molecule has 2 bridgehead atoms. The third-order valence-electron chi connectivity index (χ3n) is 6.33. The summed E-state index contributed by atoms with van der Waals surface area (Å²) in [6, 6.07) is 0.326. The smallest absolute Gasteiger partial charge is 0.237 e. The zero-order valence-electron chi connectivity index (χ0n) is 15.8. The van der Waals surface area contributed by atoms with Crippen molar-refractivity contribution in [3.8, 4) is 0 Å². The summed E-state index contributed by atoms with van der Waals surface area (Å²) in [6.07, 6.45) is 6.09. The molecule has 2 atom stereocenters. The minimum Gasteiger partial charge on any atom is -0.368 e. The molecule has 0 aromatic carbocycles. The van der Waals surface area contributed by atoms with Gasteiger partial charge in [-0.25, -0.2) is 16.8 Å². The summed E-state index contributed by atoms with van der Waals surface area (Å²) >= 11 is 0. The first-order valence-corrected chi connectivity index (χ1v) is 13.0. The number of sulfonamides is 2. The molecule has 0 aromatic rings. The van der Waals surface area contributed by atoms with Gasteiger partial charge in [0.25, 0.3) is 0 Å². The number of amides is 1. The molecular weight excluding hydrogens is 392 g/mol. The van der Waals surface area contributed by atoms with Crippen molar-refractivity contribution in [2.75, 3.05) is 44.7 Å². The van der Waals surface area contributed by atoms with E-state index in [0.717, 1.165) is 38.4 Å². The Kier molecular flexibility index (Phi) is 5.89. The maximum atomic E-state index is 12.6. The molecule has 0 aromatic heterocycles. The number of piperidine rings is 1. The van der Waals surface area contributed by atoms with E-state index in [1.165, 1.54) is 8.61 Å². The SMILES string of the molecule is CS(=O)(=O)N1CCN(S(=O)(=O)CCCN2[C@@H]3CCC[C@@]2(C(N)=O)CC3)CC1. The van der Waals surface area contributed by atoms with Gasteiger partial charge in [-0.3, -0.25) is 9.69 Å². The monoisotopic (exact) mass is 422 g/mol.